The number of benzene rings is 2. The lowest BCUT2D eigenvalue weighted by Crippen LogP contribution is -2.27. The summed E-state index contributed by atoms with van der Waals surface area (Å²) < 4.78 is 13.5. The molecule has 0 aliphatic heterocycles. The quantitative estimate of drug-likeness (QED) is 0.291. The molecule has 0 aliphatic carbocycles. The molecule has 0 aliphatic rings. The number of hydrogen-bond donors (Lipinski definition) is 1. The average Bonchev–Trinajstić information content (AvgIpc) is 3.35. The van der Waals surface area contributed by atoms with Crippen molar-refractivity contribution >= 4 is 50.0 Å². The Morgan fingerprint density at radius 3 is 2.79 bits per heavy atom. The van der Waals surface area contributed by atoms with Crippen LogP contribution in [0.2, 0.25) is 5.02 Å². The van der Waals surface area contributed by atoms with Crippen molar-refractivity contribution in [2.24, 2.45) is 0 Å². The number of thiophene rings is 1. The maximum atomic E-state index is 13.3. The monoisotopic (exact) mass is 546 g/mol. The highest BCUT2D eigenvalue weighted by Gasteiger charge is 2.18. The van der Waals surface area contributed by atoms with Crippen molar-refractivity contribution in [3.63, 3.8) is 0 Å². The summed E-state index contributed by atoms with van der Waals surface area (Å²) in [6.07, 6.45) is 1.55. The largest absolute Gasteiger partial charge is 0.497 e. The third-order valence-corrected chi connectivity index (χ3v) is 7.31. The Balaban J connectivity index is 1.49. The predicted octanol–water partition coefficient (Wildman–Crippen LogP) is 5.29. The van der Waals surface area contributed by atoms with E-state index < -0.39 is 5.97 Å². The number of methoxy groups -OCH3 is 1. The van der Waals surface area contributed by atoms with E-state index in [2.05, 4.69) is 16.0 Å². The van der Waals surface area contributed by atoms with Crippen LogP contribution in [0.1, 0.15) is 21.7 Å². The highest BCUT2D eigenvalue weighted by Crippen LogP contribution is 2.39. The van der Waals surface area contributed by atoms with Crippen LogP contribution in [-0.4, -0.2) is 39.3 Å². The zero-order valence-corrected chi connectivity index (χ0v) is 21.8. The number of carboxylic acids is 1. The Morgan fingerprint density at radius 2 is 2.05 bits per heavy atom. The Bertz CT molecular complexity index is 1840. The zero-order chi connectivity index (χ0) is 27.0. The standard InChI is InChI=1S/C27H19ClN4O5S/c1-14-31-21-11-17(36-2)9-15(12-29)23(21)26(33)32(14)7-8-37-22-4-3-16(28)10-19(22)18-5-6-30-24-20(27(34)35)13-38-25(18)24/h3-6,9-11,13H,7-8H2,1-2H3,(H,34,35). The van der Waals surface area contributed by atoms with Crippen molar-refractivity contribution < 1.29 is 19.4 Å². The molecule has 5 rings (SSSR count). The Labute approximate surface area is 225 Å². The van der Waals surface area contributed by atoms with E-state index >= 15 is 0 Å². The first-order chi connectivity index (χ1) is 18.3. The van der Waals surface area contributed by atoms with E-state index in [9.17, 15) is 20.0 Å². The van der Waals surface area contributed by atoms with Crippen molar-refractivity contribution in [2.45, 2.75) is 13.5 Å². The van der Waals surface area contributed by atoms with Crippen LogP contribution in [0, 0.1) is 18.3 Å². The van der Waals surface area contributed by atoms with Crippen molar-refractivity contribution in [1.82, 2.24) is 14.5 Å². The van der Waals surface area contributed by atoms with E-state index in [1.807, 2.05) is 0 Å². The van der Waals surface area contributed by atoms with Gasteiger partial charge in [-0.05, 0) is 37.3 Å². The van der Waals surface area contributed by atoms with Crippen LogP contribution in [0.3, 0.4) is 0 Å². The SMILES string of the molecule is COc1cc(C#N)c2c(=O)n(CCOc3ccc(Cl)cc3-c3ccnc4c(C(=O)O)csc34)c(C)nc2c1. The smallest absolute Gasteiger partial charge is 0.338 e. The third-order valence-electron chi connectivity index (χ3n) is 6.07. The molecule has 0 saturated heterocycles. The maximum absolute atomic E-state index is 13.3. The van der Waals surface area contributed by atoms with Gasteiger partial charge in [-0.25, -0.2) is 9.78 Å². The second-order valence-electron chi connectivity index (χ2n) is 8.28. The second-order valence-corrected chi connectivity index (χ2v) is 9.59. The normalized spacial score (nSPS) is 11.0. The number of hydrogen-bond acceptors (Lipinski definition) is 8. The van der Waals surface area contributed by atoms with E-state index in [1.165, 1.54) is 29.1 Å². The first-order valence-electron chi connectivity index (χ1n) is 11.3. The molecule has 0 bridgehead atoms. The van der Waals surface area contributed by atoms with Gasteiger partial charge >= 0.3 is 5.97 Å². The van der Waals surface area contributed by atoms with Gasteiger partial charge < -0.3 is 14.6 Å². The lowest BCUT2D eigenvalue weighted by atomic mass is 10.0. The minimum absolute atomic E-state index is 0.125. The molecule has 1 N–H and O–H groups in total. The number of fused-ring (bicyclic) bond motifs is 2. The fourth-order valence-electron chi connectivity index (χ4n) is 4.28. The Hall–Kier alpha value is -4.46. The summed E-state index contributed by atoms with van der Waals surface area (Å²) in [4.78, 5) is 33.7. The van der Waals surface area contributed by atoms with Gasteiger partial charge in [0, 0.05) is 33.8 Å². The molecule has 11 heteroatoms. The fourth-order valence-corrected chi connectivity index (χ4v) is 5.48. The topological polar surface area (TPSA) is 127 Å². The van der Waals surface area contributed by atoms with E-state index in [0.717, 1.165) is 5.56 Å². The number of aromatic nitrogens is 3. The molecule has 2 aromatic carbocycles. The van der Waals surface area contributed by atoms with Crippen LogP contribution in [-0.2, 0) is 6.54 Å². The number of aromatic carboxylic acids is 1. The third kappa shape index (κ3) is 4.42. The van der Waals surface area contributed by atoms with E-state index in [-0.39, 0.29) is 35.2 Å². The maximum Gasteiger partial charge on any atom is 0.338 e. The first kappa shape index (κ1) is 25.2. The minimum atomic E-state index is -1.05. The second kappa shape index (κ2) is 10.1. The number of carbonyl (C=O) groups is 1. The van der Waals surface area contributed by atoms with E-state index in [4.69, 9.17) is 21.1 Å². The summed E-state index contributed by atoms with van der Waals surface area (Å²) in [6, 6.07) is 12.1. The van der Waals surface area contributed by atoms with Gasteiger partial charge in [0.25, 0.3) is 5.56 Å². The number of aryl methyl sites for hydroxylation is 1. The van der Waals surface area contributed by atoms with Crippen LogP contribution < -0.4 is 15.0 Å². The van der Waals surface area contributed by atoms with E-state index in [0.29, 0.717) is 43.6 Å². The molecule has 38 heavy (non-hydrogen) atoms. The number of nitriles is 1. The number of nitrogens with zero attached hydrogens (tertiary/aromatic N) is 4. The molecule has 0 radical (unpaired) electrons. The summed E-state index contributed by atoms with van der Waals surface area (Å²) >= 11 is 7.58. The van der Waals surface area contributed by atoms with Gasteiger partial charge in [0.15, 0.2) is 0 Å². The first-order valence-corrected chi connectivity index (χ1v) is 12.6. The average molecular weight is 547 g/mol. The van der Waals surface area contributed by atoms with Gasteiger partial charge in [-0.2, -0.15) is 5.26 Å². The molecule has 5 aromatic rings. The van der Waals surface area contributed by atoms with Crippen molar-refractivity contribution in [1.29, 1.82) is 5.26 Å². The highest BCUT2D eigenvalue weighted by molar-refractivity contribution is 7.18. The summed E-state index contributed by atoms with van der Waals surface area (Å²) in [5.41, 5.74) is 2.15. The highest BCUT2D eigenvalue weighted by atomic mass is 35.5. The minimum Gasteiger partial charge on any atom is -0.497 e. The summed E-state index contributed by atoms with van der Waals surface area (Å²) in [7, 11) is 1.49. The van der Waals surface area contributed by atoms with Gasteiger partial charge in [0.2, 0.25) is 0 Å². The molecule has 3 aromatic heterocycles. The molecule has 0 unspecified atom stereocenters. The van der Waals surface area contributed by atoms with Gasteiger partial charge in [-0.1, -0.05) is 11.6 Å². The van der Waals surface area contributed by atoms with Crippen LogP contribution in [0.25, 0.3) is 32.2 Å². The van der Waals surface area contributed by atoms with Crippen LogP contribution in [0.5, 0.6) is 11.5 Å². The number of ether oxygens (including phenoxy) is 2. The molecule has 9 nitrogen and oxygen atoms in total. The van der Waals surface area contributed by atoms with Crippen LogP contribution in [0.4, 0.5) is 0 Å². The van der Waals surface area contributed by atoms with Crippen LogP contribution >= 0.6 is 22.9 Å². The zero-order valence-electron chi connectivity index (χ0n) is 20.2. The molecule has 0 fully saturated rings. The summed E-state index contributed by atoms with van der Waals surface area (Å²) in [5, 5.41) is 21.3. The molecule has 3 heterocycles. The van der Waals surface area contributed by atoms with Gasteiger partial charge in [-0.3, -0.25) is 14.3 Å². The number of halogens is 1. The molecule has 0 atom stereocenters. The number of carboxylic acid groups (broad SMARTS) is 1. The molecular formula is C27H19ClN4O5S. The van der Waals surface area contributed by atoms with E-state index in [1.54, 1.807) is 48.8 Å². The van der Waals surface area contributed by atoms with Gasteiger partial charge in [0.1, 0.15) is 30.0 Å². The van der Waals surface area contributed by atoms with Gasteiger partial charge in [0.05, 0.1) is 45.9 Å². The molecule has 0 spiro atoms. The Kier molecular flexibility index (Phi) is 6.72. The Morgan fingerprint density at radius 1 is 1.24 bits per heavy atom. The predicted molar refractivity (Wildman–Crippen MR) is 145 cm³/mol. The molecule has 190 valence electrons. The van der Waals surface area contributed by atoms with Crippen molar-refractivity contribution in [2.75, 3.05) is 13.7 Å². The number of pyridine rings is 1. The summed E-state index contributed by atoms with van der Waals surface area (Å²) in [5.74, 6) is 0.374. The van der Waals surface area contributed by atoms with Crippen molar-refractivity contribution in [3.05, 3.63) is 80.3 Å². The fraction of sp³-hybridized carbons (Fsp3) is 0.148. The molecule has 0 saturated carbocycles. The van der Waals surface area contributed by atoms with Gasteiger partial charge in [-0.15, -0.1) is 11.3 Å². The molecular weight excluding hydrogens is 528 g/mol. The van der Waals surface area contributed by atoms with Crippen LogP contribution in [0.15, 0.2) is 52.8 Å². The lowest BCUT2D eigenvalue weighted by Gasteiger charge is -2.15. The lowest BCUT2D eigenvalue weighted by molar-refractivity contribution is 0.0699. The van der Waals surface area contributed by atoms with Crippen molar-refractivity contribution in [3.8, 4) is 28.7 Å². The number of rotatable bonds is 7. The molecule has 0 amide bonds. The summed E-state index contributed by atoms with van der Waals surface area (Å²) in [6.45, 7) is 2.02.